The molecule has 2 aromatic heterocycles. The average molecular weight is 462 g/mol. The van der Waals surface area contributed by atoms with Crippen molar-refractivity contribution in [1.82, 2.24) is 14.9 Å². The maximum Gasteiger partial charge on any atom is 0.0796 e. The van der Waals surface area contributed by atoms with Crippen molar-refractivity contribution < 1.29 is 4.74 Å². The van der Waals surface area contributed by atoms with Crippen LogP contribution in [0.25, 0.3) is 33.3 Å². The maximum atomic E-state index is 5.50. The summed E-state index contributed by atoms with van der Waals surface area (Å²) in [5, 5.41) is 1.03. The van der Waals surface area contributed by atoms with E-state index in [0.29, 0.717) is 0 Å². The summed E-state index contributed by atoms with van der Waals surface area (Å²) in [5.41, 5.74) is 8.44. The Kier molecular flexibility index (Phi) is 7.12. The van der Waals surface area contributed by atoms with Crippen molar-refractivity contribution in [3.05, 3.63) is 109 Å². The van der Waals surface area contributed by atoms with Crippen LogP contribution in [0.15, 0.2) is 92.2 Å². The molecule has 35 heavy (non-hydrogen) atoms. The van der Waals surface area contributed by atoms with Crippen LogP contribution in [0.4, 0.5) is 0 Å². The number of nitrogens with zero attached hydrogens (tertiary/aromatic N) is 3. The van der Waals surface area contributed by atoms with Crippen molar-refractivity contribution >= 4 is 22.0 Å². The second kappa shape index (κ2) is 10.8. The van der Waals surface area contributed by atoms with E-state index >= 15 is 0 Å². The molecule has 0 saturated carbocycles. The van der Waals surface area contributed by atoms with Crippen molar-refractivity contribution in [2.24, 2.45) is 0 Å². The Balaban J connectivity index is 1.62. The van der Waals surface area contributed by atoms with Crippen LogP contribution in [-0.4, -0.2) is 41.2 Å². The second-order valence-corrected chi connectivity index (χ2v) is 8.90. The Morgan fingerprint density at radius 3 is 2.71 bits per heavy atom. The van der Waals surface area contributed by atoms with Gasteiger partial charge in [-0.1, -0.05) is 67.8 Å². The first-order valence-corrected chi connectivity index (χ1v) is 12.3. The molecule has 1 aliphatic heterocycles. The molecular weight excluding hydrogens is 430 g/mol. The van der Waals surface area contributed by atoms with Gasteiger partial charge in [0, 0.05) is 42.3 Å². The Labute approximate surface area is 207 Å². The van der Waals surface area contributed by atoms with Crippen LogP contribution < -0.4 is 0 Å². The van der Waals surface area contributed by atoms with Gasteiger partial charge >= 0.3 is 0 Å². The van der Waals surface area contributed by atoms with Gasteiger partial charge in [0.05, 0.1) is 30.1 Å². The van der Waals surface area contributed by atoms with E-state index in [1.54, 1.807) is 6.08 Å². The highest BCUT2D eigenvalue weighted by Crippen LogP contribution is 2.34. The van der Waals surface area contributed by atoms with Crippen LogP contribution in [0.3, 0.4) is 0 Å². The van der Waals surface area contributed by atoms with Gasteiger partial charge in [-0.2, -0.15) is 0 Å². The quantitative estimate of drug-likeness (QED) is 0.371. The minimum atomic E-state index is 0.802. The van der Waals surface area contributed by atoms with Crippen LogP contribution in [0.2, 0.25) is 0 Å². The third kappa shape index (κ3) is 5.09. The number of allylic oxidation sites excluding steroid dienone is 8. The molecule has 0 radical (unpaired) electrons. The number of ether oxygens (including phenoxy) is 1. The number of benzene rings is 1. The van der Waals surface area contributed by atoms with E-state index in [0.717, 1.165) is 90.3 Å². The molecule has 3 heterocycles. The van der Waals surface area contributed by atoms with Crippen molar-refractivity contribution in [3.63, 3.8) is 0 Å². The predicted molar refractivity (Wildman–Crippen MR) is 146 cm³/mol. The summed E-state index contributed by atoms with van der Waals surface area (Å²) in [7, 11) is 0. The van der Waals surface area contributed by atoms with Gasteiger partial charge in [-0.25, -0.2) is 4.98 Å². The molecular formula is C31H31N3O. The van der Waals surface area contributed by atoms with Crippen LogP contribution in [0.5, 0.6) is 0 Å². The molecule has 1 saturated heterocycles. The normalized spacial score (nSPS) is 16.8. The third-order valence-electron chi connectivity index (χ3n) is 6.55. The standard InChI is InChI=1S/C31H31N3O/c1-3-9-24(4-2)27-21-28-29(33-31(27)25-11-6-5-7-12-25)14-15-32-30(28)26-13-8-10-23(20-26)22-34-16-18-35-19-17-34/h3-4,6,8-15,20-21H,1-2,5,7,16-19,22H2. The SMILES string of the molecule is C=CC=C(C=C)c1cc2c(-c3cccc(CN4CCOCC4)c3)nccc2nc1C1=CCCC=C1. The zero-order chi connectivity index (χ0) is 24.0. The third-order valence-corrected chi connectivity index (χ3v) is 6.55. The number of morpholine rings is 1. The van der Waals surface area contributed by atoms with Crippen LogP contribution >= 0.6 is 0 Å². The fourth-order valence-electron chi connectivity index (χ4n) is 4.78. The highest BCUT2D eigenvalue weighted by atomic mass is 16.5. The second-order valence-electron chi connectivity index (χ2n) is 8.90. The summed E-state index contributed by atoms with van der Waals surface area (Å²) in [6, 6.07) is 12.9. The predicted octanol–water partition coefficient (Wildman–Crippen LogP) is 6.62. The summed E-state index contributed by atoms with van der Waals surface area (Å²) < 4.78 is 5.50. The van der Waals surface area contributed by atoms with Crippen molar-refractivity contribution in [1.29, 1.82) is 0 Å². The van der Waals surface area contributed by atoms with E-state index in [1.165, 1.54) is 5.56 Å². The van der Waals surface area contributed by atoms with Gasteiger partial charge in [0.2, 0.25) is 0 Å². The van der Waals surface area contributed by atoms with Crippen molar-refractivity contribution in [3.8, 4) is 11.3 Å². The minimum Gasteiger partial charge on any atom is -0.379 e. The van der Waals surface area contributed by atoms with E-state index < -0.39 is 0 Å². The lowest BCUT2D eigenvalue weighted by atomic mass is 9.93. The van der Waals surface area contributed by atoms with Gasteiger partial charge in [-0.15, -0.1) is 0 Å². The molecule has 5 rings (SSSR count). The molecule has 1 aliphatic carbocycles. The summed E-state index contributed by atoms with van der Waals surface area (Å²) in [6.07, 6.45) is 16.3. The monoisotopic (exact) mass is 461 g/mol. The summed E-state index contributed by atoms with van der Waals surface area (Å²) in [4.78, 5) is 12.4. The lowest BCUT2D eigenvalue weighted by Crippen LogP contribution is -2.35. The van der Waals surface area contributed by atoms with Gasteiger partial charge in [-0.05, 0) is 47.8 Å². The lowest BCUT2D eigenvalue weighted by molar-refractivity contribution is 0.0342. The van der Waals surface area contributed by atoms with Gasteiger partial charge in [-0.3, -0.25) is 9.88 Å². The smallest absolute Gasteiger partial charge is 0.0796 e. The Hall–Kier alpha value is -3.60. The molecule has 4 heteroatoms. The number of fused-ring (bicyclic) bond motifs is 1. The van der Waals surface area contributed by atoms with E-state index in [-0.39, 0.29) is 0 Å². The lowest BCUT2D eigenvalue weighted by Gasteiger charge is -2.26. The number of aromatic nitrogens is 2. The molecule has 2 aliphatic rings. The molecule has 176 valence electrons. The van der Waals surface area contributed by atoms with E-state index in [2.05, 4.69) is 66.6 Å². The number of pyridine rings is 2. The van der Waals surface area contributed by atoms with Gasteiger partial charge in [0.15, 0.2) is 0 Å². The van der Waals surface area contributed by atoms with Crippen LogP contribution in [0, 0.1) is 0 Å². The molecule has 0 bridgehead atoms. The average Bonchev–Trinajstić information content (AvgIpc) is 2.92. The van der Waals surface area contributed by atoms with Crippen molar-refractivity contribution in [2.45, 2.75) is 19.4 Å². The molecule has 0 atom stereocenters. The first-order chi connectivity index (χ1) is 17.3. The molecule has 0 N–H and O–H groups in total. The molecule has 0 amide bonds. The van der Waals surface area contributed by atoms with E-state index in [4.69, 9.17) is 14.7 Å². The molecule has 1 fully saturated rings. The zero-order valence-corrected chi connectivity index (χ0v) is 20.1. The van der Waals surface area contributed by atoms with Crippen molar-refractivity contribution in [2.75, 3.05) is 26.3 Å². The molecule has 0 unspecified atom stereocenters. The fraction of sp³-hybridized carbons (Fsp3) is 0.226. The molecule has 4 nitrogen and oxygen atoms in total. The van der Waals surface area contributed by atoms with E-state index in [1.807, 2.05) is 24.4 Å². The highest BCUT2D eigenvalue weighted by molar-refractivity contribution is 5.98. The van der Waals surface area contributed by atoms with Gasteiger partial charge < -0.3 is 4.74 Å². The Morgan fingerprint density at radius 1 is 1.06 bits per heavy atom. The topological polar surface area (TPSA) is 38.2 Å². The van der Waals surface area contributed by atoms with E-state index in [9.17, 15) is 0 Å². The number of hydrogen-bond acceptors (Lipinski definition) is 4. The first kappa shape index (κ1) is 23.2. The molecule has 1 aromatic carbocycles. The minimum absolute atomic E-state index is 0.802. The first-order valence-electron chi connectivity index (χ1n) is 12.3. The van der Waals surface area contributed by atoms with Crippen LogP contribution in [-0.2, 0) is 11.3 Å². The largest absolute Gasteiger partial charge is 0.379 e. The highest BCUT2D eigenvalue weighted by Gasteiger charge is 2.17. The number of hydrogen-bond donors (Lipinski definition) is 0. The van der Waals surface area contributed by atoms with Crippen LogP contribution in [0.1, 0.15) is 29.7 Å². The summed E-state index contributed by atoms with van der Waals surface area (Å²) in [6.45, 7) is 12.4. The Bertz CT molecular complexity index is 1340. The zero-order valence-electron chi connectivity index (χ0n) is 20.1. The summed E-state index contributed by atoms with van der Waals surface area (Å²) in [5.74, 6) is 0. The molecule has 0 spiro atoms. The fourth-order valence-corrected chi connectivity index (χ4v) is 4.78. The van der Waals surface area contributed by atoms with Gasteiger partial charge in [0.1, 0.15) is 0 Å². The number of rotatable bonds is 7. The Morgan fingerprint density at radius 2 is 1.94 bits per heavy atom. The summed E-state index contributed by atoms with van der Waals surface area (Å²) >= 11 is 0. The molecule has 3 aromatic rings. The maximum absolute atomic E-state index is 5.50. The van der Waals surface area contributed by atoms with Gasteiger partial charge in [0.25, 0.3) is 0 Å².